The fourth-order valence-corrected chi connectivity index (χ4v) is 4.62. The van der Waals surface area contributed by atoms with Crippen molar-refractivity contribution in [3.63, 3.8) is 0 Å². The number of piperazine rings is 1. The molecule has 0 aliphatic carbocycles. The molecular formula is C19H23N3OS. The Kier molecular flexibility index (Phi) is 4.16. The molecule has 0 bridgehead atoms. The third kappa shape index (κ3) is 2.88. The summed E-state index contributed by atoms with van der Waals surface area (Å²) in [4.78, 5) is 19.3. The number of hydrogen-bond donors (Lipinski definition) is 0. The maximum Gasteiger partial charge on any atom is 0.241 e. The number of likely N-dealkylation sites (tertiary alicyclic amines) is 1. The summed E-state index contributed by atoms with van der Waals surface area (Å²) in [5.74, 6) is 0.200. The molecule has 1 aromatic heterocycles. The lowest BCUT2D eigenvalue weighted by Gasteiger charge is -2.47. The van der Waals surface area contributed by atoms with E-state index in [0.29, 0.717) is 6.54 Å². The van der Waals surface area contributed by atoms with E-state index in [1.54, 1.807) is 11.3 Å². The molecule has 5 heteroatoms. The van der Waals surface area contributed by atoms with E-state index in [-0.39, 0.29) is 11.4 Å². The van der Waals surface area contributed by atoms with Crippen LogP contribution in [0, 0.1) is 0 Å². The number of benzene rings is 1. The van der Waals surface area contributed by atoms with Crippen molar-refractivity contribution >= 4 is 22.9 Å². The first-order valence-electron chi connectivity index (χ1n) is 8.46. The monoisotopic (exact) mass is 341 g/mol. The van der Waals surface area contributed by atoms with Gasteiger partial charge in [-0.15, -0.1) is 0 Å². The van der Waals surface area contributed by atoms with E-state index in [1.807, 2.05) is 35.2 Å². The minimum atomic E-state index is 0.0692. The molecule has 0 radical (unpaired) electrons. The first-order valence-corrected chi connectivity index (χ1v) is 9.41. The van der Waals surface area contributed by atoms with Crippen molar-refractivity contribution in [2.45, 2.75) is 18.5 Å². The molecule has 2 aromatic rings. The number of carbonyl (C=O) groups excluding carboxylic acids is 1. The fourth-order valence-electron chi connectivity index (χ4n) is 3.96. The van der Waals surface area contributed by atoms with Crippen LogP contribution < -0.4 is 4.90 Å². The van der Waals surface area contributed by atoms with Crippen LogP contribution in [-0.4, -0.2) is 54.5 Å². The Hall–Kier alpha value is -1.69. The van der Waals surface area contributed by atoms with Gasteiger partial charge in [-0.2, -0.15) is 11.3 Å². The number of likely N-dealkylation sites (N-methyl/N-ethyl adjacent to an activating group) is 1. The fraction of sp³-hybridized carbons (Fsp3) is 0.421. The van der Waals surface area contributed by atoms with Crippen LogP contribution in [-0.2, 0) is 11.3 Å². The van der Waals surface area contributed by atoms with Gasteiger partial charge in [0.2, 0.25) is 5.91 Å². The number of anilines is 1. The normalized spacial score (nSPS) is 25.7. The number of carbonyl (C=O) groups is 1. The van der Waals surface area contributed by atoms with Gasteiger partial charge in [-0.05, 0) is 48.0 Å². The Morgan fingerprint density at radius 1 is 1.17 bits per heavy atom. The molecule has 1 aromatic carbocycles. The molecule has 0 saturated carbocycles. The molecule has 0 unspecified atom stereocenters. The lowest BCUT2D eigenvalue weighted by molar-refractivity contribution is -0.123. The van der Waals surface area contributed by atoms with Crippen molar-refractivity contribution in [3.05, 3.63) is 52.7 Å². The van der Waals surface area contributed by atoms with Crippen LogP contribution in [0.5, 0.6) is 0 Å². The van der Waals surface area contributed by atoms with Gasteiger partial charge in [0.25, 0.3) is 0 Å². The third-order valence-corrected chi connectivity index (χ3v) is 6.13. The SMILES string of the molecule is CN1CC(=O)N(c2ccccc2)C[C@]12CCN(Cc1ccsc1)C2. The van der Waals surface area contributed by atoms with Crippen LogP contribution in [0.3, 0.4) is 0 Å². The molecule has 2 fully saturated rings. The van der Waals surface area contributed by atoms with Crippen molar-refractivity contribution in [3.8, 4) is 0 Å². The van der Waals surface area contributed by atoms with Gasteiger partial charge in [-0.3, -0.25) is 14.6 Å². The maximum absolute atomic E-state index is 12.6. The predicted octanol–water partition coefficient (Wildman–Crippen LogP) is 2.67. The molecule has 24 heavy (non-hydrogen) atoms. The van der Waals surface area contributed by atoms with Gasteiger partial charge >= 0.3 is 0 Å². The number of rotatable bonds is 3. The van der Waals surface area contributed by atoms with Crippen molar-refractivity contribution < 1.29 is 4.79 Å². The van der Waals surface area contributed by atoms with Crippen molar-refractivity contribution in [1.29, 1.82) is 0 Å². The molecule has 2 aliphatic heterocycles. The molecule has 0 N–H and O–H groups in total. The number of thiophene rings is 1. The molecule has 126 valence electrons. The number of hydrogen-bond acceptors (Lipinski definition) is 4. The minimum Gasteiger partial charge on any atom is -0.309 e. The standard InChI is InChI=1S/C19H23N3OS/c1-20-12-18(23)22(17-5-3-2-4-6-17)15-19(20)8-9-21(14-19)11-16-7-10-24-13-16/h2-7,10,13H,8-9,11-12,14-15H2,1H3/t19-/m1/s1. The Morgan fingerprint density at radius 3 is 2.75 bits per heavy atom. The summed E-state index contributed by atoms with van der Waals surface area (Å²) in [6.45, 7) is 4.42. The van der Waals surface area contributed by atoms with Crippen LogP contribution in [0.2, 0.25) is 0 Å². The Balaban J connectivity index is 1.52. The molecule has 1 atom stereocenters. The summed E-state index contributed by atoms with van der Waals surface area (Å²) in [7, 11) is 2.11. The quantitative estimate of drug-likeness (QED) is 0.859. The van der Waals surface area contributed by atoms with Gasteiger partial charge in [0, 0.05) is 31.9 Å². The Morgan fingerprint density at radius 2 is 2.00 bits per heavy atom. The van der Waals surface area contributed by atoms with Gasteiger partial charge < -0.3 is 4.90 Å². The highest BCUT2D eigenvalue weighted by Gasteiger charge is 2.47. The summed E-state index contributed by atoms with van der Waals surface area (Å²) in [6.07, 6.45) is 1.12. The molecule has 1 amide bonds. The Labute approximate surface area is 147 Å². The first-order chi connectivity index (χ1) is 11.7. The van der Waals surface area contributed by atoms with E-state index in [1.165, 1.54) is 5.56 Å². The Bertz CT molecular complexity index is 703. The lowest BCUT2D eigenvalue weighted by Crippen LogP contribution is -2.64. The second kappa shape index (κ2) is 6.31. The van der Waals surface area contributed by atoms with Crippen LogP contribution >= 0.6 is 11.3 Å². The molecule has 3 heterocycles. The topological polar surface area (TPSA) is 26.8 Å². The van der Waals surface area contributed by atoms with Crippen LogP contribution in [0.4, 0.5) is 5.69 Å². The second-order valence-corrected chi connectivity index (χ2v) is 7.77. The van der Waals surface area contributed by atoms with E-state index in [0.717, 1.165) is 38.3 Å². The maximum atomic E-state index is 12.6. The van der Waals surface area contributed by atoms with Gasteiger partial charge in [0.1, 0.15) is 0 Å². The number of nitrogens with zero attached hydrogens (tertiary/aromatic N) is 3. The highest BCUT2D eigenvalue weighted by atomic mass is 32.1. The zero-order valence-corrected chi connectivity index (χ0v) is 14.8. The molecule has 1 spiro atoms. The van der Waals surface area contributed by atoms with E-state index >= 15 is 0 Å². The summed E-state index contributed by atoms with van der Waals surface area (Å²) in [5.41, 5.74) is 2.48. The molecular weight excluding hydrogens is 318 g/mol. The van der Waals surface area contributed by atoms with Crippen LogP contribution in [0.15, 0.2) is 47.2 Å². The van der Waals surface area contributed by atoms with Crippen LogP contribution in [0.1, 0.15) is 12.0 Å². The van der Waals surface area contributed by atoms with Crippen molar-refractivity contribution in [1.82, 2.24) is 9.80 Å². The highest BCUT2D eigenvalue weighted by Crippen LogP contribution is 2.34. The van der Waals surface area contributed by atoms with E-state index in [9.17, 15) is 4.79 Å². The van der Waals surface area contributed by atoms with E-state index in [4.69, 9.17) is 0 Å². The minimum absolute atomic E-state index is 0.0692. The zero-order valence-electron chi connectivity index (χ0n) is 14.0. The van der Waals surface area contributed by atoms with Gasteiger partial charge in [-0.25, -0.2) is 0 Å². The summed E-state index contributed by atoms with van der Waals surface area (Å²) < 4.78 is 0. The predicted molar refractivity (Wildman–Crippen MR) is 98.4 cm³/mol. The second-order valence-electron chi connectivity index (χ2n) is 6.99. The third-order valence-electron chi connectivity index (χ3n) is 5.40. The van der Waals surface area contributed by atoms with Gasteiger partial charge in [0.05, 0.1) is 12.1 Å². The zero-order chi connectivity index (χ0) is 16.6. The summed E-state index contributed by atoms with van der Waals surface area (Å²) in [6, 6.07) is 12.3. The molecule has 4 nitrogen and oxygen atoms in total. The summed E-state index contributed by atoms with van der Waals surface area (Å²) in [5, 5.41) is 4.37. The smallest absolute Gasteiger partial charge is 0.241 e. The average molecular weight is 341 g/mol. The first kappa shape index (κ1) is 15.8. The molecule has 2 saturated heterocycles. The average Bonchev–Trinajstić information content (AvgIpc) is 3.23. The lowest BCUT2D eigenvalue weighted by atomic mass is 9.92. The largest absolute Gasteiger partial charge is 0.309 e. The number of para-hydroxylation sites is 1. The van der Waals surface area contributed by atoms with Crippen molar-refractivity contribution in [2.24, 2.45) is 0 Å². The molecule has 4 rings (SSSR count). The van der Waals surface area contributed by atoms with Gasteiger partial charge in [-0.1, -0.05) is 18.2 Å². The van der Waals surface area contributed by atoms with Crippen LogP contribution in [0.25, 0.3) is 0 Å². The highest BCUT2D eigenvalue weighted by molar-refractivity contribution is 7.07. The van der Waals surface area contributed by atoms with Gasteiger partial charge in [0.15, 0.2) is 0 Å². The molecule has 2 aliphatic rings. The van der Waals surface area contributed by atoms with Crippen molar-refractivity contribution in [2.75, 3.05) is 38.1 Å². The van der Waals surface area contributed by atoms with E-state index in [2.05, 4.69) is 33.7 Å². The summed E-state index contributed by atoms with van der Waals surface area (Å²) >= 11 is 1.76. The van der Waals surface area contributed by atoms with E-state index < -0.39 is 0 Å². The number of amides is 1.